The largest absolute Gasteiger partial charge is 0.477 e. The first-order valence-electron chi connectivity index (χ1n) is 5.16. The van der Waals surface area contributed by atoms with Gasteiger partial charge in [0.1, 0.15) is 17.7 Å². The Morgan fingerprint density at radius 2 is 2.41 bits per heavy atom. The number of hydrogen-bond donors (Lipinski definition) is 1. The van der Waals surface area contributed by atoms with Gasteiger partial charge < -0.3 is 9.94 Å². The van der Waals surface area contributed by atoms with Crippen LogP contribution in [0.15, 0.2) is 16.4 Å². The molecule has 0 aromatic carbocycles. The third-order valence-corrected chi connectivity index (χ3v) is 3.85. The number of carboxylic acids is 1. The lowest BCUT2D eigenvalue weighted by molar-refractivity contribution is -0.139. The normalized spacial score (nSPS) is 25.8. The Hall–Kier alpha value is -1.50. The molecule has 0 saturated carbocycles. The highest BCUT2D eigenvalue weighted by Gasteiger charge is 2.51. The lowest BCUT2D eigenvalue weighted by Crippen LogP contribution is -2.62. The fraction of sp³-hybridized carbons (Fsp3) is 0.500. The first-order valence-corrected chi connectivity index (χ1v) is 6.20. The second-order valence-corrected chi connectivity index (χ2v) is 4.74. The van der Waals surface area contributed by atoms with Crippen molar-refractivity contribution < 1.29 is 19.5 Å². The fourth-order valence-corrected chi connectivity index (χ4v) is 2.94. The van der Waals surface area contributed by atoms with Gasteiger partial charge in [-0.25, -0.2) is 4.79 Å². The summed E-state index contributed by atoms with van der Waals surface area (Å²) in [6, 6.07) is 0. The van der Waals surface area contributed by atoms with Gasteiger partial charge in [0.05, 0.1) is 0 Å². The molecule has 7 heteroatoms. The zero-order valence-corrected chi connectivity index (χ0v) is 10.3. The van der Waals surface area contributed by atoms with Crippen molar-refractivity contribution in [1.82, 2.24) is 4.90 Å². The SMILES string of the molecule is CCO/N=C1/C(=O)N2C(C(=O)O)=C(C)CS[C@H]12. The lowest BCUT2D eigenvalue weighted by atomic mass is 10.1. The summed E-state index contributed by atoms with van der Waals surface area (Å²) in [5.74, 6) is -0.870. The van der Waals surface area contributed by atoms with Gasteiger partial charge in [0.25, 0.3) is 5.91 Å². The Morgan fingerprint density at radius 3 is 3.00 bits per heavy atom. The number of aliphatic carboxylic acids is 1. The number of β-lactam (4-membered cyclic amide) rings is 1. The Kier molecular flexibility index (Phi) is 3.10. The average molecular weight is 256 g/mol. The van der Waals surface area contributed by atoms with Gasteiger partial charge in [0.2, 0.25) is 0 Å². The van der Waals surface area contributed by atoms with E-state index < -0.39 is 5.97 Å². The molecule has 1 atom stereocenters. The highest BCUT2D eigenvalue weighted by molar-refractivity contribution is 8.01. The molecule has 0 unspecified atom stereocenters. The first-order chi connectivity index (χ1) is 8.07. The molecule has 2 rings (SSSR count). The van der Waals surface area contributed by atoms with Gasteiger partial charge in [-0.05, 0) is 19.4 Å². The molecule has 0 radical (unpaired) electrons. The van der Waals surface area contributed by atoms with Crippen LogP contribution in [-0.4, -0.2) is 45.3 Å². The molecule has 0 bridgehead atoms. The molecule has 1 saturated heterocycles. The Bertz CT molecular complexity index is 444. The van der Waals surface area contributed by atoms with Crippen LogP contribution in [0.5, 0.6) is 0 Å². The summed E-state index contributed by atoms with van der Waals surface area (Å²) in [4.78, 5) is 29.0. The Morgan fingerprint density at radius 1 is 1.71 bits per heavy atom. The summed E-state index contributed by atoms with van der Waals surface area (Å²) in [7, 11) is 0. The quantitative estimate of drug-likeness (QED) is 0.592. The molecule has 0 spiro atoms. The number of hydrogen-bond acceptors (Lipinski definition) is 5. The Balaban J connectivity index is 2.27. The summed E-state index contributed by atoms with van der Waals surface area (Å²) < 4.78 is 0. The summed E-state index contributed by atoms with van der Waals surface area (Å²) in [5, 5.41) is 12.5. The lowest BCUT2D eigenvalue weighted by Gasteiger charge is -2.43. The van der Waals surface area contributed by atoms with Crippen LogP contribution in [0.3, 0.4) is 0 Å². The number of carbonyl (C=O) groups is 2. The number of nitrogens with zero attached hydrogens (tertiary/aromatic N) is 2. The maximum absolute atomic E-state index is 11.8. The van der Waals surface area contributed by atoms with E-state index in [1.54, 1.807) is 13.8 Å². The van der Waals surface area contributed by atoms with Crippen molar-refractivity contribution in [2.24, 2.45) is 5.16 Å². The second-order valence-electron chi connectivity index (χ2n) is 3.67. The number of carbonyl (C=O) groups excluding carboxylic acids is 1. The summed E-state index contributed by atoms with van der Waals surface area (Å²) >= 11 is 1.48. The molecular formula is C10H12N2O4S. The summed E-state index contributed by atoms with van der Waals surface area (Å²) in [6.45, 7) is 3.87. The van der Waals surface area contributed by atoms with Crippen molar-refractivity contribution in [2.45, 2.75) is 19.2 Å². The fourth-order valence-electron chi connectivity index (χ4n) is 1.75. The molecule has 1 amide bonds. The van der Waals surface area contributed by atoms with Gasteiger partial charge in [0.15, 0.2) is 5.71 Å². The highest BCUT2D eigenvalue weighted by atomic mass is 32.2. The van der Waals surface area contributed by atoms with Gasteiger partial charge in [-0.2, -0.15) is 0 Å². The Labute approximate surface area is 102 Å². The predicted molar refractivity (Wildman–Crippen MR) is 62.5 cm³/mol. The molecule has 1 N–H and O–H groups in total. The minimum absolute atomic E-state index is 0.0780. The molecule has 0 aromatic rings. The van der Waals surface area contributed by atoms with Crippen molar-refractivity contribution in [3.05, 3.63) is 11.3 Å². The molecular weight excluding hydrogens is 244 g/mol. The number of carboxylic acid groups (broad SMARTS) is 1. The van der Waals surface area contributed by atoms with Crippen molar-refractivity contribution in [3.8, 4) is 0 Å². The first kappa shape index (κ1) is 12.0. The second kappa shape index (κ2) is 4.40. The third-order valence-electron chi connectivity index (χ3n) is 2.50. The summed E-state index contributed by atoms with van der Waals surface area (Å²) in [5.41, 5.74) is 1.07. The van der Waals surface area contributed by atoms with E-state index in [1.807, 2.05) is 0 Å². The van der Waals surface area contributed by atoms with E-state index in [9.17, 15) is 9.59 Å². The van der Waals surface area contributed by atoms with Crippen LogP contribution in [0.4, 0.5) is 0 Å². The van der Waals surface area contributed by atoms with E-state index in [-0.39, 0.29) is 17.0 Å². The van der Waals surface area contributed by atoms with Crippen molar-refractivity contribution in [3.63, 3.8) is 0 Å². The van der Waals surface area contributed by atoms with Crippen LogP contribution in [0.1, 0.15) is 13.8 Å². The van der Waals surface area contributed by atoms with E-state index in [0.29, 0.717) is 23.6 Å². The molecule has 2 heterocycles. The number of rotatable bonds is 3. The van der Waals surface area contributed by atoms with Crippen LogP contribution in [0.2, 0.25) is 0 Å². The standard InChI is InChI=1S/C10H12N2O4S/c1-3-16-11-6-8(13)12-7(10(14)15)5(2)4-17-9(6)12/h9H,3-4H2,1-2H3,(H,14,15)/b11-6-/t9-/m1/s1. The minimum atomic E-state index is -1.07. The molecule has 0 aromatic heterocycles. The van der Waals surface area contributed by atoms with E-state index in [2.05, 4.69) is 5.16 Å². The predicted octanol–water partition coefficient (Wildman–Crippen LogP) is 0.653. The third kappa shape index (κ3) is 1.80. The van der Waals surface area contributed by atoms with Crippen LogP contribution >= 0.6 is 11.8 Å². The molecule has 1 fully saturated rings. The minimum Gasteiger partial charge on any atom is -0.477 e. The van der Waals surface area contributed by atoms with Gasteiger partial charge in [-0.1, -0.05) is 5.16 Å². The van der Waals surface area contributed by atoms with Crippen molar-refractivity contribution >= 4 is 29.4 Å². The topological polar surface area (TPSA) is 79.2 Å². The molecule has 2 aliphatic rings. The summed E-state index contributed by atoms with van der Waals surface area (Å²) in [6.07, 6.45) is 0. The van der Waals surface area contributed by atoms with Crippen molar-refractivity contribution in [2.75, 3.05) is 12.4 Å². The number of thioether (sulfide) groups is 1. The molecule has 17 heavy (non-hydrogen) atoms. The van der Waals surface area contributed by atoms with Crippen LogP contribution in [0, 0.1) is 0 Å². The molecule has 2 aliphatic heterocycles. The van der Waals surface area contributed by atoms with Gasteiger partial charge in [-0.15, -0.1) is 11.8 Å². The molecule has 92 valence electrons. The highest BCUT2D eigenvalue weighted by Crippen LogP contribution is 2.38. The van der Waals surface area contributed by atoms with Crippen LogP contribution in [-0.2, 0) is 14.4 Å². The monoisotopic (exact) mass is 256 g/mol. The average Bonchev–Trinajstić information content (AvgIpc) is 2.29. The van der Waals surface area contributed by atoms with Crippen LogP contribution in [0.25, 0.3) is 0 Å². The maximum atomic E-state index is 11.8. The van der Waals surface area contributed by atoms with E-state index in [1.165, 1.54) is 16.7 Å². The molecule has 0 aliphatic carbocycles. The zero-order chi connectivity index (χ0) is 12.6. The van der Waals surface area contributed by atoms with Gasteiger partial charge >= 0.3 is 5.97 Å². The zero-order valence-electron chi connectivity index (χ0n) is 9.47. The number of fused-ring (bicyclic) bond motifs is 1. The van der Waals surface area contributed by atoms with Gasteiger partial charge in [-0.3, -0.25) is 9.69 Å². The number of amides is 1. The number of oxime groups is 1. The van der Waals surface area contributed by atoms with E-state index >= 15 is 0 Å². The van der Waals surface area contributed by atoms with Crippen molar-refractivity contribution in [1.29, 1.82) is 0 Å². The maximum Gasteiger partial charge on any atom is 0.352 e. The van der Waals surface area contributed by atoms with Gasteiger partial charge in [0, 0.05) is 5.75 Å². The van der Waals surface area contributed by atoms with E-state index in [0.717, 1.165) is 0 Å². The van der Waals surface area contributed by atoms with E-state index in [4.69, 9.17) is 9.94 Å². The smallest absolute Gasteiger partial charge is 0.352 e. The van der Waals surface area contributed by atoms with Crippen LogP contribution < -0.4 is 0 Å². The molecule has 6 nitrogen and oxygen atoms in total.